The van der Waals surface area contributed by atoms with E-state index >= 15 is 0 Å². The minimum atomic E-state index is -0.916. The molecule has 1 aromatic carbocycles. The first-order chi connectivity index (χ1) is 8.91. The third kappa shape index (κ3) is 2.20. The zero-order valence-electron chi connectivity index (χ0n) is 11.1. The summed E-state index contributed by atoms with van der Waals surface area (Å²) >= 11 is 9.62. The standard InChI is InChI=1S/C14H16BrClO3/c1-4-14(12(17)18-5-2)13(3,19-14)10-7-6-9(15)8-11(10)16/h6-8H,4-5H2,1-3H3. The molecule has 1 fully saturated rings. The topological polar surface area (TPSA) is 38.8 Å². The van der Waals surface area contributed by atoms with Crippen LogP contribution in [0.2, 0.25) is 5.02 Å². The van der Waals surface area contributed by atoms with Gasteiger partial charge in [0.15, 0.2) is 5.60 Å². The van der Waals surface area contributed by atoms with Crippen LogP contribution >= 0.6 is 27.5 Å². The SMILES string of the molecule is CCOC(=O)C1(CC)OC1(C)c1ccc(Br)cc1Cl. The molecule has 3 nitrogen and oxygen atoms in total. The van der Waals surface area contributed by atoms with Gasteiger partial charge in [-0.3, -0.25) is 0 Å². The van der Waals surface area contributed by atoms with Crippen molar-refractivity contribution >= 4 is 33.5 Å². The summed E-state index contributed by atoms with van der Waals surface area (Å²) in [5, 5.41) is 0.580. The molecule has 2 atom stereocenters. The molecule has 0 N–H and O–H groups in total. The molecule has 0 bridgehead atoms. The van der Waals surface area contributed by atoms with Gasteiger partial charge in [-0.2, -0.15) is 0 Å². The molecule has 0 aliphatic carbocycles. The second-order valence-electron chi connectivity index (χ2n) is 4.66. The number of benzene rings is 1. The fourth-order valence-corrected chi connectivity index (χ4v) is 3.36. The highest BCUT2D eigenvalue weighted by Gasteiger charge is 2.73. The van der Waals surface area contributed by atoms with Crippen LogP contribution in [0.1, 0.15) is 32.8 Å². The van der Waals surface area contributed by atoms with Crippen LogP contribution in [0.5, 0.6) is 0 Å². The number of ether oxygens (including phenoxy) is 2. The zero-order valence-corrected chi connectivity index (χ0v) is 13.5. The van der Waals surface area contributed by atoms with Crippen molar-refractivity contribution in [3.8, 4) is 0 Å². The molecule has 19 heavy (non-hydrogen) atoms. The minimum absolute atomic E-state index is 0.320. The molecular formula is C14H16BrClO3. The first-order valence-electron chi connectivity index (χ1n) is 6.24. The predicted octanol–water partition coefficient (Wildman–Crippen LogP) is 4.06. The summed E-state index contributed by atoms with van der Waals surface area (Å²) in [6, 6.07) is 5.57. The van der Waals surface area contributed by atoms with Crippen molar-refractivity contribution < 1.29 is 14.3 Å². The number of epoxide rings is 1. The summed E-state index contributed by atoms with van der Waals surface area (Å²) in [4.78, 5) is 12.1. The lowest BCUT2D eigenvalue weighted by Gasteiger charge is -2.15. The molecule has 5 heteroatoms. The molecule has 1 aliphatic heterocycles. The van der Waals surface area contributed by atoms with Gasteiger partial charge in [-0.05, 0) is 32.4 Å². The molecule has 1 heterocycles. The second kappa shape index (κ2) is 5.08. The number of hydrogen-bond donors (Lipinski definition) is 0. The molecule has 0 aromatic heterocycles. The third-order valence-electron chi connectivity index (χ3n) is 3.66. The Balaban J connectivity index is 2.37. The molecule has 1 aliphatic rings. The van der Waals surface area contributed by atoms with Crippen LogP contribution in [0.25, 0.3) is 0 Å². The minimum Gasteiger partial charge on any atom is -0.464 e. The van der Waals surface area contributed by atoms with E-state index in [-0.39, 0.29) is 5.97 Å². The highest BCUT2D eigenvalue weighted by molar-refractivity contribution is 9.10. The number of hydrogen-bond acceptors (Lipinski definition) is 3. The van der Waals surface area contributed by atoms with Gasteiger partial charge >= 0.3 is 5.97 Å². The van der Waals surface area contributed by atoms with Gasteiger partial charge in [0, 0.05) is 15.1 Å². The van der Waals surface area contributed by atoms with Crippen molar-refractivity contribution in [1.82, 2.24) is 0 Å². The van der Waals surface area contributed by atoms with Gasteiger partial charge in [-0.25, -0.2) is 4.79 Å². The monoisotopic (exact) mass is 346 g/mol. The fraction of sp³-hybridized carbons (Fsp3) is 0.500. The average molecular weight is 348 g/mol. The quantitative estimate of drug-likeness (QED) is 0.609. The summed E-state index contributed by atoms with van der Waals surface area (Å²) in [5.41, 5.74) is -0.820. The fourth-order valence-electron chi connectivity index (χ4n) is 2.51. The normalized spacial score (nSPS) is 29.1. The number of carbonyl (C=O) groups is 1. The van der Waals surface area contributed by atoms with Gasteiger partial charge in [-0.1, -0.05) is 40.5 Å². The van der Waals surface area contributed by atoms with Gasteiger partial charge in [0.25, 0.3) is 0 Å². The Hall–Kier alpha value is -0.580. The summed E-state index contributed by atoms with van der Waals surface area (Å²) in [6.45, 7) is 5.92. The van der Waals surface area contributed by atoms with E-state index < -0.39 is 11.2 Å². The van der Waals surface area contributed by atoms with Gasteiger partial charge in [0.05, 0.1) is 6.61 Å². The second-order valence-corrected chi connectivity index (χ2v) is 5.98. The molecule has 104 valence electrons. The van der Waals surface area contributed by atoms with Crippen LogP contribution in [-0.2, 0) is 19.9 Å². The van der Waals surface area contributed by atoms with Gasteiger partial charge in [0.1, 0.15) is 5.60 Å². The number of carbonyl (C=O) groups excluding carboxylic acids is 1. The lowest BCUT2D eigenvalue weighted by atomic mass is 9.86. The summed E-state index contributed by atoms with van der Waals surface area (Å²) in [6.07, 6.45) is 0.550. The van der Waals surface area contributed by atoms with Gasteiger partial charge in [0.2, 0.25) is 0 Å². The van der Waals surface area contributed by atoms with E-state index in [9.17, 15) is 4.79 Å². The van der Waals surface area contributed by atoms with Gasteiger partial charge in [-0.15, -0.1) is 0 Å². The molecule has 1 saturated heterocycles. The van der Waals surface area contributed by atoms with E-state index in [4.69, 9.17) is 21.1 Å². The predicted molar refractivity (Wildman–Crippen MR) is 77.2 cm³/mol. The van der Waals surface area contributed by atoms with Crippen molar-refractivity contribution in [3.05, 3.63) is 33.3 Å². The van der Waals surface area contributed by atoms with E-state index in [1.54, 1.807) is 13.0 Å². The van der Waals surface area contributed by atoms with Crippen LogP contribution in [0.3, 0.4) is 0 Å². The first-order valence-corrected chi connectivity index (χ1v) is 7.41. The van der Waals surface area contributed by atoms with E-state index in [2.05, 4.69) is 15.9 Å². The van der Waals surface area contributed by atoms with E-state index in [1.165, 1.54) is 0 Å². The van der Waals surface area contributed by atoms with Crippen molar-refractivity contribution in [2.75, 3.05) is 6.61 Å². The zero-order chi connectivity index (χ0) is 14.3. The van der Waals surface area contributed by atoms with Crippen molar-refractivity contribution in [1.29, 1.82) is 0 Å². The molecule has 2 rings (SSSR count). The Morgan fingerprint density at radius 2 is 2.16 bits per heavy atom. The van der Waals surface area contributed by atoms with Crippen LogP contribution in [0.15, 0.2) is 22.7 Å². The molecule has 0 spiro atoms. The summed E-state index contributed by atoms with van der Waals surface area (Å²) in [5.74, 6) is -0.320. The van der Waals surface area contributed by atoms with E-state index in [1.807, 2.05) is 26.0 Å². The third-order valence-corrected chi connectivity index (χ3v) is 4.46. The maximum absolute atomic E-state index is 12.1. The molecule has 0 saturated carbocycles. The molecular weight excluding hydrogens is 332 g/mol. The van der Waals surface area contributed by atoms with Gasteiger partial charge < -0.3 is 9.47 Å². The lowest BCUT2D eigenvalue weighted by Crippen LogP contribution is -2.33. The van der Waals surface area contributed by atoms with Crippen LogP contribution < -0.4 is 0 Å². The largest absolute Gasteiger partial charge is 0.464 e. The highest BCUT2D eigenvalue weighted by atomic mass is 79.9. The van der Waals surface area contributed by atoms with Crippen LogP contribution in [-0.4, -0.2) is 18.2 Å². The molecule has 0 radical (unpaired) electrons. The molecule has 1 aromatic rings. The Labute approximate surface area is 126 Å². The van der Waals surface area contributed by atoms with Crippen molar-refractivity contribution in [3.63, 3.8) is 0 Å². The average Bonchev–Trinajstić information content (AvgIpc) is 2.97. The van der Waals surface area contributed by atoms with Crippen molar-refractivity contribution in [2.24, 2.45) is 0 Å². The smallest absolute Gasteiger partial charge is 0.341 e. The number of rotatable bonds is 4. The molecule has 2 unspecified atom stereocenters. The van der Waals surface area contributed by atoms with Crippen molar-refractivity contribution in [2.45, 2.75) is 38.4 Å². The maximum Gasteiger partial charge on any atom is 0.341 e. The highest BCUT2D eigenvalue weighted by Crippen LogP contribution is 2.59. The lowest BCUT2D eigenvalue weighted by molar-refractivity contribution is -0.149. The Bertz CT molecular complexity index is 519. The Kier molecular flexibility index (Phi) is 3.96. The Morgan fingerprint density at radius 3 is 2.68 bits per heavy atom. The van der Waals surface area contributed by atoms with E-state index in [0.29, 0.717) is 18.1 Å². The number of halogens is 2. The maximum atomic E-state index is 12.1. The van der Waals surface area contributed by atoms with E-state index in [0.717, 1.165) is 10.0 Å². The van der Waals surface area contributed by atoms with Crippen LogP contribution in [0, 0.1) is 0 Å². The summed E-state index contributed by atoms with van der Waals surface area (Å²) in [7, 11) is 0. The number of esters is 1. The first kappa shape index (κ1) is 14.8. The van der Waals surface area contributed by atoms with Crippen LogP contribution in [0.4, 0.5) is 0 Å². The molecule has 0 amide bonds. The summed E-state index contributed by atoms with van der Waals surface area (Å²) < 4.78 is 11.8. The Morgan fingerprint density at radius 1 is 1.47 bits per heavy atom.